The van der Waals surface area contributed by atoms with E-state index in [1.807, 2.05) is 6.92 Å². The number of hydrogen-bond acceptors (Lipinski definition) is 4. The molecule has 1 aromatic heterocycles. The molecule has 0 spiro atoms. The molecule has 0 aliphatic heterocycles. The fraction of sp³-hybridized carbons (Fsp3) is 0.545. The number of pyridine rings is 1. The summed E-state index contributed by atoms with van der Waals surface area (Å²) >= 11 is 0. The van der Waals surface area contributed by atoms with Gasteiger partial charge in [-0.3, -0.25) is 0 Å². The van der Waals surface area contributed by atoms with E-state index in [4.69, 9.17) is 9.47 Å². The van der Waals surface area contributed by atoms with Crippen LogP contribution in [0.4, 0.5) is 4.39 Å². The van der Waals surface area contributed by atoms with Crippen molar-refractivity contribution in [2.24, 2.45) is 0 Å². The Bertz CT molecular complexity index is 321. The molecule has 0 unspecified atom stereocenters. The molecule has 0 radical (unpaired) electrons. The van der Waals surface area contributed by atoms with Crippen LogP contribution in [-0.4, -0.2) is 31.9 Å². The fourth-order valence-corrected chi connectivity index (χ4v) is 1.18. The van der Waals surface area contributed by atoms with Crippen molar-refractivity contribution in [3.05, 3.63) is 23.6 Å². The maximum atomic E-state index is 13.8. The Hall–Kier alpha value is -1.20. The van der Waals surface area contributed by atoms with Crippen LogP contribution in [0.2, 0.25) is 0 Å². The molecule has 0 amide bonds. The van der Waals surface area contributed by atoms with Gasteiger partial charge in [-0.2, -0.15) is 0 Å². The van der Waals surface area contributed by atoms with Gasteiger partial charge in [0.25, 0.3) is 5.88 Å². The van der Waals surface area contributed by atoms with E-state index in [-0.39, 0.29) is 5.88 Å². The zero-order valence-corrected chi connectivity index (χ0v) is 9.62. The summed E-state index contributed by atoms with van der Waals surface area (Å²) in [4.78, 5) is 3.84. The monoisotopic (exact) mass is 228 g/mol. The van der Waals surface area contributed by atoms with Gasteiger partial charge in [-0.05, 0) is 12.6 Å². The Morgan fingerprint density at radius 3 is 2.94 bits per heavy atom. The summed E-state index contributed by atoms with van der Waals surface area (Å²) < 4.78 is 23.7. The van der Waals surface area contributed by atoms with E-state index < -0.39 is 5.82 Å². The minimum Gasteiger partial charge on any atom is -0.473 e. The molecule has 5 heteroatoms. The first-order chi connectivity index (χ1) is 7.79. The maximum absolute atomic E-state index is 13.8. The van der Waals surface area contributed by atoms with Crippen LogP contribution in [0.1, 0.15) is 12.5 Å². The minimum absolute atomic E-state index is 0.0347. The standard InChI is InChI=1S/C11H17FN2O2/c1-3-13-8-9-4-5-14-11(10(9)12)16-7-6-15-2/h4-5,13H,3,6-8H2,1-2H3. The number of methoxy groups -OCH3 is 1. The van der Waals surface area contributed by atoms with Crippen LogP contribution >= 0.6 is 0 Å². The van der Waals surface area contributed by atoms with Gasteiger partial charge in [0.1, 0.15) is 6.61 Å². The number of ether oxygens (including phenoxy) is 2. The molecule has 1 N–H and O–H groups in total. The van der Waals surface area contributed by atoms with Crippen LogP contribution < -0.4 is 10.1 Å². The third-order valence-corrected chi connectivity index (χ3v) is 2.03. The minimum atomic E-state index is -0.403. The zero-order chi connectivity index (χ0) is 11.8. The Morgan fingerprint density at radius 2 is 2.25 bits per heavy atom. The second-order valence-corrected chi connectivity index (χ2v) is 3.21. The average Bonchev–Trinajstić information content (AvgIpc) is 2.30. The number of nitrogens with zero attached hydrogens (tertiary/aromatic N) is 1. The summed E-state index contributed by atoms with van der Waals surface area (Å²) in [5, 5.41) is 3.05. The molecule has 1 rings (SSSR count). The van der Waals surface area contributed by atoms with E-state index in [0.29, 0.717) is 25.3 Å². The first-order valence-corrected chi connectivity index (χ1v) is 5.25. The lowest BCUT2D eigenvalue weighted by atomic mass is 10.2. The number of nitrogens with one attached hydrogen (secondary N) is 1. The van der Waals surface area contributed by atoms with Gasteiger partial charge in [0.05, 0.1) is 6.61 Å². The van der Waals surface area contributed by atoms with Crippen molar-refractivity contribution in [3.63, 3.8) is 0 Å². The van der Waals surface area contributed by atoms with Gasteiger partial charge in [-0.15, -0.1) is 0 Å². The van der Waals surface area contributed by atoms with Gasteiger partial charge >= 0.3 is 0 Å². The van der Waals surface area contributed by atoms with Crippen molar-refractivity contribution >= 4 is 0 Å². The maximum Gasteiger partial charge on any atom is 0.250 e. The van der Waals surface area contributed by atoms with Crippen LogP contribution in [0.5, 0.6) is 5.88 Å². The van der Waals surface area contributed by atoms with Crippen LogP contribution in [0.3, 0.4) is 0 Å². The molecule has 16 heavy (non-hydrogen) atoms. The fourth-order valence-electron chi connectivity index (χ4n) is 1.18. The third kappa shape index (κ3) is 3.75. The lowest BCUT2D eigenvalue weighted by molar-refractivity contribution is 0.140. The SMILES string of the molecule is CCNCc1ccnc(OCCOC)c1F. The van der Waals surface area contributed by atoms with Crippen molar-refractivity contribution in [1.29, 1.82) is 0 Å². The summed E-state index contributed by atoms with van der Waals surface area (Å²) in [6, 6.07) is 1.64. The van der Waals surface area contributed by atoms with Crippen molar-refractivity contribution < 1.29 is 13.9 Å². The van der Waals surface area contributed by atoms with Crippen LogP contribution in [0.15, 0.2) is 12.3 Å². The molecular formula is C11H17FN2O2. The van der Waals surface area contributed by atoms with Crippen molar-refractivity contribution in [3.8, 4) is 5.88 Å². The van der Waals surface area contributed by atoms with E-state index in [0.717, 1.165) is 6.54 Å². The summed E-state index contributed by atoms with van der Waals surface area (Å²) in [5.41, 5.74) is 0.560. The second-order valence-electron chi connectivity index (χ2n) is 3.21. The van der Waals surface area contributed by atoms with Crippen LogP contribution in [0.25, 0.3) is 0 Å². The second kappa shape index (κ2) is 7.14. The Labute approximate surface area is 94.8 Å². The molecule has 0 saturated heterocycles. The molecule has 0 bridgehead atoms. The Balaban J connectivity index is 2.62. The van der Waals surface area contributed by atoms with Gasteiger partial charge in [0.15, 0.2) is 5.82 Å². The quantitative estimate of drug-likeness (QED) is 0.715. The highest BCUT2D eigenvalue weighted by atomic mass is 19.1. The molecule has 0 aliphatic rings. The van der Waals surface area contributed by atoms with Gasteiger partial charge in [0.2, 0.25) is 0 Å². The predicted molar refractivity (Wildman–Crippen MR) is 58.9 cm³/mol. The molecule has 0 fully saturated rings. The summed E-state index contributed by atoms with van der Waals surface area (Å²) in [7, 11) is 1.56. The van der Waals surface area contributed by atoms with E-state index in [9.17, 15) is 4.39 Å². The van der Waals surface area contributed by atoms with E-state index in [2.05, 4.69) is 10.3 Å². The normalized spacial score (nSPS) is 10.4. The summed E-state index contributed by atoms with van der Waals surface area (Å²) in [5.74, 6) is -0.369. The molecule has 0 saturated carbocycles. The Morgan fingerprint density at radius 1 is 1.44 bits per heavy atom. The largest absolute Gasteiger partial charge is 0.473 e. The lowest BCUT2D eigenvalue weighted by Crippen LogP contribution is -2.14. The highest BCUT2D eigenvalue weighted by Crippen LogP contribution is 2.16. The van der Waals surface area contributed by atoms with Crippen molar-refractivity contribution in [2.45, 2.75) is 13.5 Å². The van der Waals surface area contributed by atoms with E-state index >= 15 is 0 Å². The van der Waals surface area contributed by atoms with Crippen LogP contribution in [0, 0.1) is 5.82 Å². The first-order valence-electron chi connectivity index (χ1n) is 5.25. The van der Waals surface area contributed by atoms with Crippen molar-refractivity contribution in [2.75, 3.05) is 26.9 Å². The van der Waals surface area contributed by atoms with E-state index in [1.54, 1.807) is 13.2 Å². The third-order valence-electron chi connectivity index (χ3n) is 2.03. The summed E-state index contributed by atoms with van der Waals surface area (Å²) in [6.07, 6.45) is 1.54. The molecule has 0 aliphatic carbocycles. The Kier molecular flexibility index (Phi) is 5.74. The van der Waals surface area contributed by atoms with Crippen LogP contribution in [-0.2, 0) is 11.3 Å². The van der Waals surface area contributed by atoms with Gasteiger partial charge in [-0.25, -0.2) is 9.37 Å². The summed E-state index contributed by atoms with van der Waals surface area (Å²) in [6.45, 7) is 3.95. The predicted octanol–water partition coefficient (Wildman–Crippen LogP) is 1.36. The smallest absolute Gasteiger partial charge is 0.250 e. The van der Waals surface area contributed by atoms with E-state index in [1.165, 1.54) is 6.20 Å². The molecule has 90 valence electrons. The average molecular weight is 228 g/mol. The molecule has 0 atom stereocenters. The molecular weight excluding hydrogens is 211 g/mol. The number of halogens is 1. The van der Waals surface area contributed by atoms with Gasteiger partial charge in [-0.1, -0.05) is 6.92 Å². The molecule has 1 aromatic rings. The highest BCUT2D eigenvalue weighted by molar-refractivity contribution is 5.23. The molecule has 0 aromatic carbocycles. The zero-order valence-electron chi connectivity index (χ0n) is 9.62. The molecule has 4 nitrogen and oxygen atoms in total. The topological polar surface area (TPSA) is 43.4 Å². The number of rotatable bonds is 7. The molecule has 1 heterocycles. The van der Waals surface area contributed by atoms with Crippen molar-refractivity contribution in [1.82, 2.24) is 10.3 Å². The first kappa shape index (κ1) is 12.9. The van der Waals surface area contributed by atoms with Gasteiger partial charge < -0.3 is 14.8 Å². The number of aromatic nitrogens is 1. The highest BCUT2D eigenvalue weighted by Gasteiger charge is 2.09. The number of hydrogen-bond donors (Lipinski definition) is 1. The lowest BCUT2D eigenvalue weighted by Gasteiger charge is -2.08. The van der Waals surface area contributed by atoms with Gasteiger partial charge in [0, 0.05) is 25.4 Å².